The van der Waals surface area contributed by atoms with E-state index in [-0.39, 0.29) is 70.5 Å². The number of allylic oxidation sites excluding steroid dienone is 1. The molecule has 4 aromatic rings. The number of carbonyl (C=O) groups excluding carboxylic acids is 1. The fraction of sp³-hybridized carbons (Fsp3) is 0.455. The molecule has 1 amide bonds. The zero-order chi connectivity index (χ0) is 47.5. The van der Waals surface area contributed by atoms with Crippen molar-refractivity contribution in [3.05, 3.63) is 137 Å². The van der Waals surface area contributed by atoms with Crippen LogP contribution >= 0.6 is 0 Å². The third-order valence-electron chi connectivity index (χ3n) is 13.6. The lowest BCUT2D eigenvalue weighted by atomic mass is 9.55. The maximum Gasteiger partial charge on any atom is 0.410 e. The number of carbonyl (C=O) groups is 1. The summed E-state index contributed by atoms with van der Waals surface area (Å²) in [6, 6.07) is 26.7. The molecule has 0 aromatic heterocycles. The van der Waals surface area contributed by atoms with Crippen LogP contribution in [0.2, 0.25) is 0 Å². The summed E-state index contributed by atoms with van der Waals surface area (Å²) in [4.78, 5) is 22.7. The third-order valence-corrected chi connectivity index (χ3v) is 13.6. The Morgan fingerprint density at radius 2 is 1.63 bits per heavy atom. The number of hydrogen-bond donors (Lipinski definition) is 2. The van der Waals surface area contributed by atoms with Crippen LogP contribution in [-0.4, -0.2) is 85.2 Å². The van der Waals surface area contributed by atoms with Gasteiger partial charge in [0.2, 0.25) is 12.6 Å². The summed E-state index contributed by atoms with van der Waals surface area (Å²) in [6.45, 7) is 11.5. The van der Waals surface area contributed by atoms with Crippen LogP contribution in [0, 0.1) is 31.6 Å². The lowest BCUT2D eigenvalue weighted by Crippen LogP contribution is -2.70. The molecule has 8 rings (SSSR count). The lowest BCUT2D eigenvalue weighted by Gasteiger charge is -2.59. The Labute approximate surface area is 400 Å². The van der Waals surface area contributed by atoms with Gasteiger partial charge in [-0.15, -0.1) is 6.58 Å². The van der Waals surface area contributed by atoms with Gasteiger partial charge in [-0.3, -0.25) is 4.90 Å². The molecular weight excluding hydrogens is 865 g/mol. The average Bonchev–Trinajstić information content (AvgIpc) is 3.83. The minimum Gasteiger partial charge on any atom is -0.459 e. The number of amides is 1. The number of nitrogens with zero attached hydrogens (tertiary/aromatic N) is 2. The number of aryl methyl sites for hydroxylation is 2. The summed E-state index contributed by atoms with van der Waals surface area (Å²) < 4.78 is 44.8. The second kappa shape index (κ2) is 23.0. The van der Waals surface area contributed by atoms with Crippen LogP contribution in [0.5, 0.6) is 28.7 Å². The van der Waals surface area contributed by atoms with E-state index in [1.165, 1.54) is 5.56 Å². The minimum atomic E-state index is -1.50. The monoisotopic (exact) mass is 930 g/mol. The summed E-state index contributed by atoms with van der Waals surface area (Å²) in [5, 5.41) is 24.9. The first kappa shape index (κ1) is 48.6. The minimum absolute atomic E-state index is 0.00304. The first-order valence-electron chi connectivity index (χ1n) is 24.2. The number of benzene rings is 4. The SMILES string of the molecule is C=CCOC12Oc3ccc(Oc4ccc(C)c(C)c4)cc3C3C(CCCCO)C(CCCCO)C=C(C(=NOCC)CC1N(Cc1ccc4c(c1)OCO4)C(=O)OCCOCc1ccccc1)C32. The Kier molecular flexibility index (Phi) is 16.4. The average molecular weight is 931 g/mol. The molecule has 13 nitrogen and oxygen atoms in total. The van der Waals surface area contributed by atoms with E-state index in [9.17, 15) is 10.2 Å². The molecule has 2 N–H and O–H groups in total. The predicted molar refractivity (Wildman–Crippen MR) is 258 cm³/mol. The van der Waals surface area contributed by atoms with Gasteiger partial charge in [0.15, 0.2) is 11.5 Å². The number of unbranched alkanes of at least 4 members (excludes halogenated alkanes) is 2. The lowest BCUT2D eigenvalue weighted by molar-refractivity contribution is -0.256. The summed E-state index contributed by atoms with van der Waals surface area (Å²) in [6.07, 6.45) is 8.21. The molecule has 2 aliphatic carbocycles. The normalized spacial score (nSPS) is 22.6. The number of aliphatic hydroxyl groups excluding tert-OH is 2. The molecule has 13 heteroatoms. The van der Waals surface area contributed by atoms with E-state index in [0.717, 1.165) is 59.3 Å². The van der Waals surface area contributed by atoms with E-state index in [0.29, 0.717) is 54.8 Å². The second-order valence-electron chi connectivity index (χ2n) is 18.0. The maximum atomic E-state index is 15.0. The van der Waals surface area contributed by atoms with Crippen LogP contribution in [0.15, 0.2) is 114 Å². The summed E-state index contributed by atoms with van der Waals surface area (Å²) >= 11 is 0. The fourth-order valence-corrected chi connectivity index (χ4v) is 10.3. The molecule has 362 valence electrons. The zero-order valence-electron chi connectivity index (χ0n) is 39.6. The van der Waals surface area contributed by atoms with Gasteiger partial charge >= 0.3 is 6.09 Å². The number of hydrogen-bond acceptors (Lipinski definition) is 12. The van der Waals surface area contributed by atoms with Crippen LogP contribution < -0.4 is 18.9 Å². The molecular formula is C55H66N2O11. The standard InChI is InChI=1S/C55H66N2O11/c1-5-26-65-55-51(57(34-40-19-22-49-50(30-40)64-36-63-49)54(60)62-28-27-61-35-39-14-8-7-9-15-39)33-47(56-66-6-2)45-31-41(16-10-12-24-58)44(17-11-13-25-59)52(53(45)55)46-32-43(21-23-48(46)68-55)67-42-20-18-37(3)38(4)29-42/h5,7-9,14-15,18-23,29-32,41,44,51-53,58-59H,1,6,10-13,16-17,24-28,33-36H2,2-4H3. The van der Waals surface area contributed by atoms with Gasteiger partial charge in [0.05, 0.1) is 31.5 Å². The van der Waals surface area contributed by atoms with Crippen molar-refractivity contribution >= 4 is 11.8 Å². The van der Waals surface area contributed by atoms with E-state index in [2.05, 4.69) is 38.6 Å². The van der Waals surface area contributed by atoms with E-state index >= 15 is 4.79 Å². The number of aliphatic hydroxyl groups is 2. The molecule has 2 aliphatic heterocycles. The highest BCUT2D eigenvalue weighted by Gasteiger charge is 2.65. The topological polar surface area (TPSA) is 147 Å². The van der Waals surface area contributed by atoms with Gasteiger partial charge in [0.25, 0.3) is 0 Å². The van der Waals surface area contributed by atoms with Gasteiger partial charge in [-0.05, 0) is 129 Å². The Morgan fingerprint density at radius 1 is 0.868 bits per heavy atom. The molecule has 4 aromatic carbocycles. The highest BCUT2D eigenvalue weighted by molar-refractivity contribution is 6.03. The van der Waals surface area contributed by atoms with Crippen molar-refractivity contribution in [2.45, 2.75) is 96.6 Å². The first-order valence-corrected chi connectivity index (χ1v) is 24.2. The van der Waals surface area contributed by atoms with Crippen molar-refractivity contribution in [1.82, 2.24) is 4.90 Å². The van der Waals surface area contributed by atoms with Crippen molar-refractivity contribution in [2.75, 3.05) is 46.4 Å². The molecule has 0 spiro atoms. The van der Waals surface area contributed by atoms with Crippen LogP contribution in [0.4, 0.5) is 4.79 Å². The van der Waals surface area contributed by atoms with Gasteiger partial charge in [-0.2, -0.15) is 0 Å². The summed E-state index contributed by atoms with van der Waals surface area (Å²) in [5.41, 5.74) is 6.69. The van der Waals surface area contributed by atoms with E-state index in [1.807, 2.05) is 79.7 Å². The highest BCUT2D eigenvalue weighted by atomic mass is 16.7. The number of ether oxygens (including phenoxy) is 7. The number of oxime groups is 1. The molecule has 0 bridgehead atoms. The molecule has 4 aliphatic rings. The van der Waals surface area contributed by atoms with Crippen molar-refractivity contribution in [3.63, 3.8) is 0 Å². The van der Waals surface area contributed by atoms with Crippen LogP contribution in [0.25, 0.3) is 0 Å². The van der Waals surface area contributed by atoms with E-state index in [1.54, 1.807) is 11.0 Å². The van der Waals surface area contributed by atoms with Crippen LogP contribution in [-0.2, 0) is 32.2 Å². The molecule has 0 saturated heterocycles. The molecule has 1 fully saturated rings. The largest absolute Gasteiger partial charge is 0.459 e. The van der Waals surface area contributed by atoms with Crippen molar-refractivity contribution in [3.8, 4) is 28.7 Å². The Balaban J connectivity index is 1.26. The maximum absolute atomic E-state index is 15.0. The predicted octanol–water partition coefficient (Wildman–Crippen LogP) is 10.3. The van der Waals surface area contributed by atoms with Gasteiger partial charge in [0.1, 0.15) is 36.5 Å². The fourth-order valence-electron chi connectivity index (χ4n) is 10.3. The van der Waals surface area contributed by atoms with E-state index in [4.69, 9.17) is 43.2 Å². The molecule has 0 radical (unpaired) electrons. The molecule has 2 heterocycles. The molecule has 6 atom stereocenters. The number of rotatable bonds is 23. The molecule has 68 heavy (non-hydrogen) atoms. The van der Waals surface area contributed by atoms with Gasteiger partial charge < -0.3 is 48.2 Å². The summed E-state index contributed by atoms with van der Waals surface area (Å²) in [5.74, 6) is 1.06. The van der Waals surface area contributed by atoms with Crippen molar-refractivity contribution in [1.29, 1.82) is 0 Å². The second-order valence-corrected chi connectivity index (χ2v) is 18.0. The summed E-state index contributed by atoms with van der Waals surface area (Å²) in [7, 11) is 0. The Bertz CT molecular complexity index is 2400. The Morgan fingerprint density at radius 3 is 2.41 bits per heavy atom. The molecule has 1 saturated carbocycles. The molecule has 6 unspecified atom stereocenters. The van der Waals surface area contributed by atoms with E-state index < -0.39 is 23.8 Å². The first-order chi connectivity index (χ1) is 33.3. The number of fused-ring (bicyclic) bond motifs is 3. The van der Waals surface area contributed by atoms with Crippen molar-refractivity contribution in [2.24, 2.45) is 22.9 Å². The van der Waals surface area contributed by atoms with Crippen LogP contribution in [0.1, 0.15) is 85.6 Å². The highest BCUT2D eigenvalue weighted by Crippen LogP contribution is 2.62. The van der Waals surface area contributed by atoms with Gasteiger partial charge in [-0.1, -0.05) is 72.6 Å². The third kappa shape index (κ3) is 10.9. The zero-order valence-corrected chi connectivity index (χ0v) is 39.6. The van der Waals surface area contributed by atoms with Gasteiger partial charge in [0, 0.05) is 37.7 Å². The van der Waals surface area contributed by atoms with Gasteiger partial charge in [-0.25, -0.2) is 4.79 Å². The Hall–Kier alpha value is -5.86. The van der Waals surface area contributed by atoms with Crippen LogP contribution in [0.3, 0.4) is 0 Å². The smallest absolute Gasteiger partial charge is 0.410 e. The quantitative estimate of drug-likeness (QED) is 0.0416. The van der Waals surface area contributed by atoms with Crippen molar-refractivity contribution < 1.29 is 53.0 Å².